The van der Waals surface area contributed by atoms with Crippen LogP contribution in [0, 0.1) is 13.8 Å². The quantitative estimate of drug-likeness (QED) is 0.373. The summed E-state index contributed by atoms with van der Waals surface area (Å²) in [6, 6.07) is 6.22. The molecule has 0 bridgehead atoms. The first-order valence-electron chi connectivity index (χ1n) is 10.9. The Kier molecular flexibility index (Phi) is 9.75. The second kappa shape index (κ2) is 12.0. The van der Waals surface area contributed by atoms with Crippen molar-refractivity contribution in [3.63, 3.8) is 0 Å². The number of hydrogen-bond donors (Lipinski definition) is 3. The molecule has 0 radical (unpaired) electrons. The molecule has 3 N–H and O–H groups in total. The van der Waals surface area contributed by atoms with Crippen LogP contribution in [0.1, 0.15) is 37.0 Å². The molecule has 0 aliphatic rings. The van der Waals surface area contributed by atoms with E-state index in [4.69, 9.17) is 17.0 Å². The number of fused-ring (bicyclic) bond motifs is 1. The van der Waals surface area contributed by atoms with Crippen LogP contribution in [0.15, 0.2) is 23.0 Å². The van der Waals surface area contributed by atoms with Crippen LogP contribution in [-0.4, -0.2) is 61.4 Å². The van der Waals surface area contributed by atoms with Crippen molar-refractivity contribution in [1.82, 2.24) is 15.2 Å². The zero-order valence-electron chi connectivity index (χ0n) is 19.1. The SMILES string of the molecule is CC[NH+](CC)CCN(Cc1cc2cc(C)cc(C)c2[nH]c1=O)C(=S)NCCCOC. The maximum atomic E-state index is 12.8. The third-order valence-electron chi connectivity index (χ3n) is 5.56. The second-order valence-electron chi connectivity index (χ2n) is 7.88. The van der Waals surface area contributed by atoms with E-state index in [1.807, 2.05) is 13.0 Å². The molecule has 0 fully saturated rings. The molecular weight excluding hydrogens is 396 g/mol. The minimum absolute atomic E-state index is 0.0446. The Balaban J connectivity index is 2.23. The van der Waals surface area contributed by atoms with E-state index in [2.05, 4.69) is 48.1 Å². The van der Waals surface area contributed by atoms with E-state index in [0.29, 0.717) is 18.3 Å². The number of aromatic amines is 1. The Morgan fingerprint density at radius 2 is 1.97 bits per heavy atom. The van der Waals surface area contributed by atoms with Crippen molar-refractivity contribution in [2.24, 2.45) is 0 Å². The van der Waals surface area contributed by atoms with E-state index < -0.39 is 0 Å². The maximum absolute atomic E-state index is 12.8. The third kappa shape index (κ3) is 6.79. The summed E-state index contributed by atoms with van der Waals surface area (Å²) in [6.07, 6.45) is 0.890. The van der Waals surface area contributed by atoms with E-state index in [0.717, 1.165) is 61.2 Å². The molecule has 0 saturated heterocycles. The number of pyridine rings is 1. The maximum Gasteiger partial charge on any atom is 0.253 e. The molecule has 0 unspecified atom stereocenters. The van der Waals surface area contributed by atoms with Crippen molar-refractivity contribution in [2.75, 3.05) is 46.4 Å². The van der Waals surface area contributed by atoms with Crippen molar-refractivity contribution >= 4 is 28.2 Å². The van der Waals surface area contributed by atoms with Gasteiger partial charge in [0, 0.05) is 25.8 Å². The molecule has 1 heterocycles. The highest BCUT2D eigenvalue weighted by molar-refractivity contribution is 7.80. The van der Waals surface area contributed by atoms with Gasteiger partial charge in [-0.3, -0.25) is 4.79 Å². The lowest BCUT2D eigenvalue weighted by molar-refractivity contribution is -0.895. The number of quaternary nitrogens is 1. The number of rotatable bonds is 11. The number of thiocarbonyl (C=S) groups is 1. The number of H-pyrrole nitrogens is 1. The normalized spacial score (nSPS) is 11.3. The minimum Gasteiger partial charge on any atom is -0.385 e. The van der Waals surface area contributed by atoms with Crippen LogP contribution in [0.5, 0.6) is 0 Å². The Bertz CT molecular complexity index is 893. The number of aryl methyl sites for hydroxylation is 2. The van der Waals surface area contributed by atoms with Crippen LogP contribution >= 0.6 is 12.2 Å². The predicted molar refractivity (Wildman–Crippen MR) is 128 cm³/mol. The first-order chi connectivity index (χ1) is 14.4. The number of hydrogen-bond acceptors (Lipinski definition) is 3. The zero-order chi connectivity index (χ0) is 22.1. The van der Waals surface area contributed by atoms with Crippen molar-refractivity contribution in [3.05, 3.63) is 45.2 Å². The average molecular weight is 434 g/mol. The predicted octanol–water partition coefficient (Wildman–Crippen LogP) is 1.78. The number of nitrogens with one attached hydrogen (secondary N) is 3. The number of ether oxygens (including phenoxy) is 1. The van der Waals surface area contributed by atoms with Crippen molar-refractivity contribution in [2.45, 2.75) is 40.7 Å². The number of benzene rings is 1. The fourth-order valence-electron chi connectivity index (χ4n) is 3.73. The first kappa shape index (κ1) is 24.3. The summed E-state index contributed by atoms with van der Waals surface area (Å²) >= 11 is 5.68. The largest absolute Gasteiger partial charge is 0.385 e. The topological polar surface area (TPSA) is 61.8 Å². The standard InChI is InChI=1S/C23H36N4O2S/c1-6-26(7-2)10-11-27(23(30)24-9-8-12-29-5)16-20-15-19-14-17(3)13-18(4)21(19)25-22(20)28/h13-15H,6-12,16H2,1-5H3,(H,24,30)(H,25,28)/p+1. The Morgan fingerprint density at radius 3 is 2.63 bits per heavy atom. The molecule has 0 aliphatic carbocycles. The molecular formula is C23H37N4O2S+. The summed E-state index contributed by atoms with van der Waals surface area (Å²) in [5.74, 6) is 0. The Hall–Kier alpha value is -1.96. The molecule has 0 amide bonds. The number of likely N-dealkylation sites (N-methyl/N-ethyl adjacent to an activating group) is 1. The van der Waals surface area contributed by atoms with Gasteiger partial charge in [0.05, 0.1) is 38.2 Å². The molecule has 7 heteroatoms. The molecule has 166 valence electrons. The van der Waals surface area contributed by atoms with Crippen molar-refractivity contribution in [3.8, 4) is 0 Å². The average Bonchev–Trinajstić information content (AvgIpc) is 2.71. The smallest absolute Gasteiger partial charge is 0.253 e. The van der Waals surface area contributed by atoms with Gasteiger partial charge in [-0.25, -0.2) is 0 Å². The van der Waals surface area contributed by atoms with E-state index in [-0.39, 0.29) is 5.56 Å². The van der Waals surface area contributed by atoms with Gasteiger partial charge < -0.3 is 24.8 Å². The molecule has 1 aromatic carbocycles. The van der Waals surface area contributed by atoms with Gasteiger partial charge in [-0.1, -0.05) is 11.6 Å². The molecule has 6 nitrogen and oxygen atoms in total. The monoisotopic (exact) mass is 433 g/mol. The molecule has 0 saturated carbocycles. The van der Waals surface area contributed by atoms with Gasteiger partial charge >= 0.3 is 0 Å². The van der Waals surface area contributed by atoms with E-state index in [1.165, 1.54) is 10.5 Å². The summed E-state index contributed by atoms with van der Waals surface area (Å²) in [4.78, 5) is 19.5. The van der Waals surface area contributed by atoms with Crippen LogP contribution in [0.3, 0.4) is 0 Å². The van der Waals surface area contributed by atoms with E-state index >= 15 is 0 Å². The van der Waals surface area contributed by atoms with Crippen LogP contribution in [0.25, 0.3) is 10.9 Å². The number of methoxy groups -OCH3 is 1. The number of aromatic nitrogens is 1. The molecule has 2 rings (SSSR count). The summed E-state index contributed by atoms with van der Waals surface area (Å²) in [7, 11) is 1.70. The molecule has 2 aromatic rings. The summed E-state index contributed by atoms with van der Waals surface area (Å²) in [5.41, 5.74) is 3.88. The Morgan fingerprint density at radius 1 is 1.23 bits per heavy atom. The molecule has 0 aliphatic heterocycles. The zero-order valence-corrected chi connectivity index (χ0v) is 19.9. The third-order valence-corrected chi connectivity index (χ3v) is 5.96. The fourth-order valence-corrected chi connectivity index (χ4v) is 3.99. The van der Waals surface area contributed by atoms with E-state index in [1.54, 1.807) is 7.11 Å². The summed E-state index contributed by atoms with van der Waals surface area (Å²) < 4.78 is 5.12. The highest BCUT2D eigenvalue weighted by Crippen LogP contribution is 2.18. The van der Waals surface area contributed by atoms with Crippen LogP contribution < -0.4 is 15.8 Å². The number of nitrogens with zero attached hydrogens (tertiary/aromatic N) is 1. The second-order valence-corrected chi connectivity index (χ2v) is 8.26. The highest BCUT2D eigenvalue weighted by atomic mass is 32.1. The van der Waals surface area contributed by atoms with Gasteiger partial charge in [0.2, 0.25) is 0 Å². The van der Waals surface area contributed by atoms with Crippen molar-refractivity contribution < 1.29 is 9.64 Å². The van der Waals surface area contributed by atoms with Gasteiger partial charge in [-0.2, -0.15) is 0 Å². The summed E-state index contributed by atoms with van der Waals surface area (Å²) in [5, 5.41) is 5.09. The van der Waals surface area contributed by atoms with Gasteiger partial charge in [0.1, 0.15) is 0 Å². The van der Waals surface area contributed by atoms with Gasteiger partial charge in [0.25, 0.3) is 5.56 Å². The van der Waals surface area contributed by atoms with Gasteiger partial charge in [-0.05, 0) is 69.4 Å². The lowest BCUT2D eigenvalue weighted by atomic mass is 10.1. The van der Waals surface area contributed by atoms with E-state index in [9.17, 15) is 4.79 Å². The van der Waals surface area contributed by atoms with Crippen LogP contribution in [0.4, 0.5) is 0 Å². The van der Waals surface area contributed by atoms with Crippen molar-refractivity contribution in [1.29, 1.82) is 0 Å². The lowest BCUT2D eigenvalue weighted by Gasteiger charge is -2.27. The lowest BCUT2D eigenvalue weighted by Crippen LogP contribution is -3.12. The molecule has 0 atom stereocenters. The van der Waals surface area contributed by atoms with Gasteiger partial charge in [-0.15, -0.1) is 0 Å². The first-order valence-corrected chi connectivity index (χ1v) is 11.3. The summed E-state index contributed by atoms with van der Waals surface area (Å²) in [6.45, 7) is 14.4. The highest BCUT2D eigenvalue weighted by Gasteiger charge is 2.16. The fraction of sp³-hybridized carbons (Fsp3) is 0.565. The molecule has 0 spiro atoms. The molecule has 1 aromatic heterocycles. The minimum atomic E-state index is -0.0446. The Labute approximate surface area is 185 Å². The van der Waals surface area contributed by atoms with Crippen LogP contribution in [-0.2, 0) is 11.3 Å². The van der Waals surface area contributed by atoms with Gasteiger partial charge in [0.15, 0.2) is 5.11 Å². The molecule has 30 heavy (non-hydrogen) atoms. The van der Waals surface area contributed by atoms with Crippen LogP contribution in [0.2, 0.25) is 0 Å².